The lowest BCUT2D eigenvalue weighted by Gasteiger charge is -2.18. The first-order valence-electron chi connectivity index (χ1n) is 11.6. The Labute approximate surface area is 236 Å². The van der Waals surface area contributed by atoms with E-state index in [-0.39, 0.29) is 40.2 Å². The smallest absolute Gasteiger partial charge is 0.255 e. The molecule has 40 heavy (non-hydrogen) atoms. The molecule has 11 nitrogen and oxygen atoms in total. The molecule has 0 heterocycles. The van der Waals surface area contributed by atoms with Gasteiger partial charge in [-0.15, -0.1) is 0 Å². The summed E-state index contributed by atoms with van der Waals surface area (Å²) in [6.07, 6.45) is 0. The molecule has 210 valence electrons. The fraction of sp³-hybridized carbons (Fsp3) is 0.154. The van der Waals surface area contributed by atoms with Gasteiger partial charge < -0.3 is 27.3 Å². The molecule has 0 bridgehead atoms. The highest BCUT2D eigenvalue weighted by atomic mass is 35.5. The van der Waals surface area contributed by atoms with Crippen molar-refractivity contribution in [3.8, 4) is 5.75 Å². The summed E-state index contributed by atoms with van der Waals surface area (Å²) in [5.41, 5.74) is 17.6. The lowest BCUT2D eigenvalue weighted by atomic mass is 10.1. The van der Waals surface area contributed by atoms with E-state index in [2.05, 4.69) is 5.32 Å². The average molecular weight is 590 g/mol. The molecule has 3 rings (SSSR count). The zero-order valence-electron chi connectivity index (χ0n) is 21.0. The zero-order chi connectivity index (χ0) is 29.4. The maximum atomic E-state index is 13.6. The van der Waals surface area contributed by atoms with Crippen molar-refractivity contribution in [1.29, 1.82) is 5.41 Å². The SMILES string of the molecule is N=C(N)c1ccc(CNC(=O)c2cc(Cl)cc(N(CC(N)=O)[SH+](=O)Cc3cccc(F)c3)c2)c(OCC(N)=O)c1. The van der Waals surface area contributed by atoms with Crippen molar-refractivity contribution in [2.45, 2.75) is 12.3 Å². The summed E-state index contributed by atoms with van der Waals surface area (Å²) in [6, 6.07) is 14.3. The highest BCUT2D eigenvalue weighted by Gasteiger charge is 2.24. The van der Waals surface area contributed by atoms with E-state index in [0.717, 1.165) is 0 Å². The second-order valence-electron chi connectivity index (χ2n) is 8.54. The van der Waals surface area contributed by atoms with Crippen LogP contribution in [-0.4, -0.2) is 36.7 Å². The molecule has 1 atom stereocenters. The number of ether oxygens (including phenoxy) is 1. The van der Waals surface area contributed by atoms with Gasteiger partial charge in [-0.1, -0.05) is 40.1 Å². The lowest BCUT2D eigenvalue weighted by molar-refractivity contribution is -0.120. The highest BCUT2D eigenvalue weighted by Crippen LogP contribution is 2.26. The Hall–Kier alpha value is -4.49. The Bertz CT molecular complexity index is 1490. The molecule has 0 radical (unpaired) electrons. The van der Waals surface area contributed by atoms with Gasteiger partial charge in [-0.05, 0) is 36.4 Å². The van der Waals surface area contributed by atoms with E-state index in [9.17, 15) is 23.0 Å². The number of halogens is 2. The standard InChI is InChI=1S/C26H26ClFN6O5S/c27-19-7-18(26(37)33-11-17-5-4-16(25(31)32)9-22(17)39-13-24(30)36)8-21(10-19)34(12-23(29)35)40(38)14-15-2-1-3-20(28)6-15/h1-10H,11-14H2,(H2,29,35)(H2,30,36)(H3,31,32)(H,33,37)/p+1. The topological polar surface area (TPSA) is 195 Å². The molecule has 0 aliphatic rings. The number of hydrogen-bond acceptors (Lipinski definition) is 6. The van der Waals surface area contributed by atoms with Gasteiger partial charge in [0.2, 0.25) is 5.91 Å². The summed E-state index contributed by atoms with van der Waals surface area (Å²) in [6.45, 7) is -0.912. The van der Waals surface area contributed by atoms with E-state index >= 15 is 0 Å². The largest absolute Gasteiger partial charge is 0.483 e. The number of carbonyl (C=O) groups is 3. The molecule has 0 saturated carbocycles. The molecule has 14 heteroatoms. The van der Waals surface area contributed by atoms with Crippen LogP contribution in [0.25, 0.3) is 0 Å². The first kappa shape index (κ1) is 30.1. The number of anilines is 1. The second-order valence-corrected chi connectivity index (χ2v) is 10.5. The lowest BCUT2D eigenvalue weighted by Crippen LogP contribution is -2.35. The minimum absolute atomic E-state index is 0.0498. The quantitative estimate of drug-likeness (QED) is 0.0870. The maximum Gasteiger partial charge on any atom is 0.255 e. The van der Waals surface area contributed by atoms with Crippen LogP contribution in [0.5, 0.6) is 5.75 Å². The monoisotopic (exact) mass is 589 g/mol. The molecule has 0 spiro atoms. The molecular formula is C26H27ClFN6O5S+. The molecule has 3 aromatic rings. The second kappa shape index (κ2) is 13.5. The number of benzene rings is 3. The van der Waals surface area contributed by atoms with Gasteiger partial charge in [-0.3, -0.25) is 19.8 Å². The third-order valence-corrected chi connectivity index (χ3v) is 7.18. The zero-order valence-corrected chi connectivity index (χ0v) is 22.7. The van der Waals surface area contributed by atoms with E-state index in [1.165, 1.54) is 46.8 Å². The van der Waals surface area contributed by atoms with Crippen LogP contribution in [0.4, 0.5) is 10.1 Å². The summed E-state index contributed by atoms with van der Waals surface area (Å²) in [7, 11) is -2.31. The van der Waals surface area contributed by atoms with Gasteiger partial charge in [0.15, 0.2) is 23.3 Å². The van der Waals surface area contributed by atoms with Crippen molar-refractivity contribution in [1.82, 2.24) is 5.32 Å². The van der Waals surface area contributed by atoms with Crippen molar-refractivity contribution in [3.63, 3.8) is 0 Å². The Morgan fingerprint density at radius 2 is 1.75 bits per heavy atom. The molecule has 8 N–H and O–H groups in total. The van der Waals surface area contributed by atoms with Crippen LogP contribution in [0.2, 0.25) is 5.02 Å². The van der Waals surface area contributed by atoms with Crippen LogP contribution in [-0.2, 0) is 37.1 Å². The summed E-state index contributed by atoms with van der Waals surface area (Å²) in [5, 5.41) is 10.4. The van der Waals surface area contributed by atoms with E-state index < -0.39 is 47.7 Å². The van der Waals surface area contributed by atoms with Gasteiger partial charge in [0.1, 0.15) is 23.9 Å². The fourth-order valence-electron chi connectivity index (χ4n) is 3.61. The van der Waals surface area contributed by atoms with E-state index in [4.69, 9.17) is 38.9 Å². The van der Waals surface area contributed by atoms with Crippen molar-refractivity contribution >= 4 is 51.8 Å². The number of nitrogens with one attached hydrogen (secondary N) is 2. The van der Waals surface area contributed by atoms with Gasteiger partial charge in [-0.25, -0.2) is 4.39 Å². The number of nitrogens with zero attached hydrogens (tertiary/aromatic N) is 1. The summed E-state index contributed by atoms with van der Waals surface area (Å²) in [4.78, 5) is 36.0. The average Bonchev–Trinajstić information content (AvgIpc) is 2.88. The fourth-order valence-corrected chi connectivity index (χ4v) is 5.19. The molecule has 0 fully saturated rings. The van der Waals surface area contributed by atoms with Crippen LogP contribution in [0.1, 0.15) is 27.0 Å². The molecule has 3 amide bonds. The molecular weight excluding hydrogens is 563 g/mol. The van der Waals surface area contributed by atoms with Gasteiger partial charge in [-0.2, -0.15) is 4.31 Å². The van der Waals surface area contributed by atoms with E-state index in [1.807, 2.05) is 0 Å². The first-order valence-corrected chi connectivity index (χ1v) is 13.4. The Balaban J connectivity index is 1.83. The summed E-state index contributed by atoms with van der Waals surface area (Å²) >= 11 is 6.26. The van der Waals surface area contributed by atoms with Crippen LogP contribution < -0.4 is 31.6 Å². The number of hydrogen-bond donors (Lipinski definition) is 5. The van der Waals surface area contributed by atoms with Crippen molar-refractivity contribution in [2.24, 2.45) is 17.2 Å². The predicted octanol–water partition coefficient (Wildman–Crippen LogP) is 1.66. The Morgan fingerprint density at radius 3 is 2.40 bits per heavy atom. The number of amidine groups is 1. The number of carbonyl (C=O) groups excluding carboxylic acids is 3. The van der Waals surface area contributed by atoms with Gasteiger partial charge in [0, 0.05) is 33.8 Å². The van der Waals surface area contributed by atoms with E-state index in [0.29, 0.717) is 16.7 Å². The molecule has 3 aromatic carbocycles. The molecule has 0 aliphatic heterocycles. The van der Waals surface area contributed by atoms with Crippen LogP contribution in [0.15, 0.2) is 60.7 Å². The van der Waals surface area contributed by atoms with Crippen LogP contribution in [0, 0.1) is 11.2 Å². The Kier molecular flexibility index (Phi) is 10.2. The number of primary amides is 2. The normalized spacial score (nSPS) is 11.3. The number of nitrogens with two attached hydrogens (primary N) is 3. The molecule has 1 unspecified atom stereocenters. The minimum atomic E-state index is -2.31. The maximum absolute atomic E-state index is 13.6. The predicted molar refractivity (Wildman–Crippen MR) is 151 cm³/mol. The number of rotatable bonds is 13. The van der Waals surface area contributed by atoms with Crippen molar-refractivity contribution in [2.75, 3.05) is 17.5 Å². The molecule has 0 aliphatic carbocycles. The summed E-state index contributed by atoms with van der Waals surface area (Å²) < 4.78 is 33.4. The van der Waals surface area contributed by atoms with Gasteiger partial charge >= 0.3 is 0 Å². The minimum Gasteiger partial charge on any atom is -0.483 e. The summed E-state index contributed by atoms with van der Waals surface area (Å²) in [5.74, 6) is -2.67. The third-order valence-electron chi connectivity index (χ3n) is 5.41. The van der Waals surface area contributed by atoms with Crippen LogP contribution in [0.3, 0.4) is 0 Å². The number of nitrogen functional groups attached to an aromatic ring is 1. The van der Waals surface area contributed by atoms with E-state index in [1.54, 1.807) is 18.2 Å². The van der Waals surface area contributed by atoms with Crippen LogP contribution >= 0.6 is 11.6 Å². The Morgan fingerprint density at radius 1 is 1.00 bits per heavy atom. The number of thiol groups is 1. The van der Waals surface area contributed by atoms with Gasteiger partial charge in [0.25, 0.3) is 11.8 Å². The third kappa shape index (κ3) is 8.51. The van der Waals surface area contributed by atoms with Crippen molar-refractivity contribution < 1.29 is 27.7 Å². The highest BCUT2D eigenvalue weighted by molar-refractivity contribution is 7.85. The molecule has 0 saturated heterocycles. The first-order chi connectivity index (χ1) is 18.9. The molecule has 0 aromatic heterocycles. The van der Waals surface area contributed by atoms with Gasteiger partial charge in [0.05, 0.1) is 5.69 Å². The van der Waals surface area contributed by atoms with Crippen molar-refractivity contribution in [3.05, 3.63) is 93.8 Å². The number of amides is 3.